The number of hydrogen-bond acceptors (Lipinski definition) is 3. The zero-order chi connectivity index (χ0) is 11.0. The van der Waals surface area contributed by atoms with Crippen molar-refractivity contribution in [2.75, 3.05) is 18.0 Å². The first kappa shape index (κ1) is 10.1. The highest BCUT2D eigenvalue weighted by molar-refractivity contribution is 5.50. The normalized spacial score (nSPS) is 20.4. The van der Waals surface area contributed by atoms with Gasteiger partial charge in [0.1, 0.15) is 12.1 Å². The quantitative estimate of drug-likeness (QED) is 0.779. The molecule has 0 radical (unpaired) electrons. The second-order valence-electron chi connectivity index (χ2n) is 4.88. The Morgan fingerprint density at radius 3 is 2.62 bits per heavy atom. The summed E-state index contributed by atoms with van der Waals surface area (Å²) in [7, 11) is 0. The Kier molecular flexibility index (Phi) is 2.54. The first-order chi connectivity index (χ1) is 7.90. The fourth-order valence-corrected chi connectivity index (χ4v) is 2.67. The van der Waals surface area contributed by atoms with Gasteiger partial charge in [-0.05, 0) is 32.1 Å². The molecule has 1 aromatic rings. The first-order valence-electron chi connectivity index (χ1n) is 6.49. The van der Waals surface area contributed by atoms with Gasteiger partial charge in [0, 0.05) is 24.6 Å². The molecule has 86 valence electrons. The topological polar surface area (TPSA) is 29.0 Å². The zero-order valence-electron chi connectivity index (χ0n) is 9.95. The highest BCUT2D eigenvalue weighted by Gasteiger charge is 2.29. The third-order valence-electron chi connectivity index (χ3n) is 3.68. The van der Waals surface area contributed by atoms with E-state index in [0.717, 1.165) is 12.3 Å². The molecule has 3 nitrogen and oxygen atoms in total. The summed E-state index contributed by atoms with van der Waals surface area (Å²) in [6.45, 7) is 4.58. The monoisotopic (exact) mass is 217 g/mol. The van der Waals surface area contributed by atoms with Gasteiger partial charge in [-0.25, -0.2) is 9.97 Å². The van der Waals surface area contributed by atoms with Crippen LogP contribution in [0.3, 0.4) is 0 Å². The minimum Gasteiger partial charge on any atom is -0.356 e. The molecule has 3 rings (SSSR count). The van der Waals surface area contributed by atoms with Crippen LogP contribution in [0.2, 0.25) is 0 Å². The lowest BCUT2D eigenvalue weighted by Gasteiger charge is -2.20. The van der Waals surface area contributed by atoms with Crippen molar-refractivity contribution in [2.45, 2.75) is 44.9 Å². The van der Waals surface area contributed by atoms with Gasteiger partial charge in [-0.1, -0.05) is 6.92 Å². The fourth-order valence-electron chi connectivity index (χ4n) is 2.67. The summed E-state index contributed by atoms with van der Waals surface area (Å²) >= 11 is 0. The van der Waals surface area contributed by atoms with E-state index >= 15 is 0 Å². The lowest BCUT2D eigenvalue weighted by Crippen LogP contribution is -2.21. The second kappa shape index (κ2) is 4.04. The lowest BCUT2D eigenvalue weighted by molar-refractivity contribution is 0.861. The van der Waals surface area contributed by atoms with Crippen LogP contribution in [0.15, 0.2) is 6.33 Å². The van der Waals surface area contributed by atoms with Gasteiger partial charge < -0.3 is 4.90 Å². The van der Waals surface area contributed by atoms with Crippen molar-refractivity contribution in [3.05, 3.63) is 17.6 Å². The summed E-state index contributed by atoms with van der Waals surface area (Å²) in [6.07, 6.45) is 8.10. The Hall–Kier alpha value is -1.12. The van der Waals surface area contributed by atoms with Gasteiger partial charge in [0.2, 0.25) is 0 Å². The molecule has 1 saturated heterocycles. The predicted molar refractivity (Wildman–Crippen MR) is 64.8 cm³/mol. The van der Waals surface area contributed by atoms with Gasteiger partial charge in [-0.2, -0.15) is 0 Å². The summed E-state index contributed by atoms with van der Waals surface area (Å²) in [5, 5.41) is 0. The van der Waals surface area contributed by atoms with Crippen LogP contribution in [0.5, 0.6) is 0 Å². The van der Waals surface area contributed by atoms with E-state index in [9.17, 15) is 0 Å². The average molecular weight is 217 g/mol. The van der Waals surface area contributed by atoms with Gasteiger partial charge >= 0.3 is 0 Å². The van der Waals surface area contributed by atoms with Gasteiger partial charge in [-0.15, -0.1) is 0 Å². The first-order valence-corrected chi connectivity index (χ1v) is 6.49. The van der Waals surface area contributed by atoms with Crippen molar-refractivity contribution < 1.29 is 0 Å². The molecule has 0 atom stereocenters. The summed E-state index contributed by atoms with van der Waals surface area (Å²) < 4.78 is 0. The zero-order valence-corrected chi connectivity index (χ0v) is 9.95. The Bertz CT molecular complexity index is 379. The van der Waals surface area contributed by atoms with Crippen LogP contribution in [-0.4, -0.2) is 23.1 Å². The molecular formula is C13H19N3. The standard InChI is InChI=1S/C13H19N3/c1-2-11-12(10-5-6-10)14-9-15-13(11)16-7-3-4-8-16/h9-10H,2-8H2,1H3. The molecule has 0 bridgehead atoms. The predicted octanol–water partition coefficient (Wildman–Crippen LogP) is 2.52. The Labute approximate surface area is 96.9 Å². The largest absolute Gasteiger partial charge is 0.356 e. The average Bonchev–Trinajstić information content (AvgIpc) is 3.03. The van der Waals surface area contributed by atoms with Gasteiger partial charge in [0.15, 0.2) is 0 Å². The van der Waals surface area contributed by atoms with Gasteiger partial charge in [0.05, 0.1) is 5.69 Å². The van der Waals surface area contributed by atoms with E-state index in [1.54, 1.807) is 6.33 Å². The molecule has 3 heteroatoms. The maximum atomic E-state index is 4.52. The molecule has 2 fully saturated rings. The van der Waals surface area contributed by atoms with Crippen molar-refractivity contribution >= 4 is 5.82 Å². The van der Waals surface area contributed by atoms with Gasteiger partial charge in [-0.3, -0.25) is 0 Å². The smallest absolute Gasteiger partial charge is 0.135 e. The van der Waals surface area contributed by atoms with Crippen LogP contribution in [0.1, 0.15) is 49.8 Å². The Balaban J connectivity index is 1.98. The summed E-state index contributed by atoms with van der Waals surface area (Å²) in [6, 6.07) is 0. The lowest BCUT2D eigenvalue weighted by atomic mass is 10.1. The number of aromatic nitrogens is 2. The summed E-state index contributed by atoms with van der Waals surface area (Å²) in [5.41, 5.74) is 2.74. The fraction of sp³-hybridized carbons (Fsp3) is 0.692. The van der Waals surface area contributed by atoms with Crippen LogP contribution >= 0.6 is 0 Å². The third-order valence-corrected chi connectivity index (χ3v) is 3.68. The molecule has 0 spiro atoms. The van der Waals surface area contributed by atoms with E-state index < -0.39 is 0 Å². The van der Waals surface area contributed by atoms with Crippen molar-refractivity contribution in [1.82, 2.24) is 9.97 Å². The van der Waals surface area contributed by atoms with Crippen LogP contribution in [-0.2, 0) is 6.42 Å². The molecule has 0 unspecified atom stereocenters. The molecule has 1 aliphatic heterocycles. The maximum absolute atomic E-state index is 4.52. The molecule has 0 amide bonds. The number of hydrogen-bond donors (Lipinski definition) is 0. The molecular weight excluding hydrogens is 198 g/mol. The number of rotatable bonds is 3. The Morgan fingerprint density at radius 1 is 1.25 bits per heavy atom. The minimum atomic E-state index is 0.735. The SMILES string of the molecule is CCc1c(C2CC2)ncnc1N1CCCC1. The Morgan fingerprint density at radius 2 is 2.00 bits per heavy atom. The molecule has 0 N–H and O–H groups in total. The van der Waals surface area contributed by atoms with E-state index in [4.69, 9.17) is 0 Å². The number of nitrogens with zero attached hydrogens (tertiary/aromatic N) is 3. The van der Waals surface area contributed by atoms with Crippen LogP contribution in [0.25, 0.3) is 0 Å². The minimum absolute atomic E-state index is 0.735. The molecule has 2 heterocycles. The van der Waals surface area contributed by atoms with Crippen LogP contribution < -0.4 is 4.90 Å². The molecule has 2 aliphatic rings. The second-order valence-corrected chi connectivity index (χ2v) is 4.88. The highest BCUT2D eigenvalue weighted by atomic mass is 15.2. The third kappa shape index (κ3) is 1.68. The van der Waals surface area contributed by atoms with Crippen LogP contribution in [0, 0.1) is 0 Å². The van der Waals surface area contributed by atoms with E-state index in [0.29, 0.717) is 0 Å². The molecule has 16 heavy (non-hydrogen) atoms. The molecule has 0 aromatic carbocycles. The highest BCUT2D eigenvalue weighted by Crippen LogP contribution is 2.42. The molecule has 1 aliphatic carbocycles. The molecule has 1 saturated carbocycles. The number of anilines is 1. The van der Waals surface area contributed by atoms with E-state index in [-0.39, 0.29) is 0 Å². The summed E-state index contributed by atoms with van der Waals surface area (Å²) in [5.74, 6) is 1.95. The van der Waals surface area contributed by atoms with Crippen LogP contribution in [0.4, 0.5) is 5.82 Å². The van der Waals surface area contributed by atoms with E-state index in [1.165, 1.54) is 55.8 Å². The van der Waals surface area contributed by atoms with Crippen molar-refractivity contribution in [1.29, 1.82) is 0 Å². The van der Waals surface area contributed by atoms with Crippen molar-refractivity contribution in [2.24, 2.45) is 0 Å². The van der Waals surface area contributed by atoms with Crippen molar-refractivity contribution in [3.63, 3.8) is 0 Å². The maximum Gasteiger partial charge on any atom is 0.135 e. The van der Waals surface area contributed by atoms with E-state index in [1.807, 2.05) is 0 Å². The van der Waals surface area contributed by atoms with E-state index in [2.05, 4.69) is 21.8 Å². The van der Waals surface area contributed by atoms with Crippen molar-refractivity contribution in [3.8, 4) is 0 Å². The molecule has 1 aromatic heterocycles. The van der Waals surface area contributed by atoms with Gasteiger partial charge in [0.25, 0.3) is 0 Å². The summed E-state index contributed by atoms with van der Waals surface area (Å²) in [4.78, 5) is 11.5.